The number of anilines is 2. The predicted molar refractivity (Wildman–Crippen MR) is 107 cm³/mol. The Morgan fingerprint density at radius 1 is 1.11 bits per heavy atom. The van der Waals surface area contributed by atoms with E-state index in [2.05, 4.69) is 10.6 Å². The predicted octanol–water partition coefficient (Wildman–Crippen LogP) is 3.98. The molecule has 3 amide bonds. The second-order valence-corrected chi connectivity index (χ2v) is 6.61. The molecule has 1 aliphatic heterocycles. The average molecular weight is 383 g/mol. The van der Waals surface area contributed by atoms with Crippen LogP contribution in [0.4, 0.5) is 21.0 Å². The van der Waals surface area contributed by atoms with Gasteiger partial charge in [0, 0.05) is 17.9 Å². The van der Waals surface area contributed by atoms with Crippen molar-refractivity contribution in [2.45, 2.75) is 31.9 Å². The highest BCUT2D eigenvalue weighted by Gasteiger charge is 2.34. The molecule has 0 spiro atoms. The largest absolute Gasteiger partial charge is 0.450 e. The number of nitrogens with one attached hydrogen (secondary N) is 2. The zero-order valence-corrected chi connectivity index (χ0v) is 15.8. The Labute approximate surface area is 164 Å². The molecule has 1 fully saturated rings. The van der Waals surface area contributed by atoms with Crippen LogP contribution in [-0.4, -0.2) is 41.3 Å². The Kier molecular flexibility index (Phi) is 6.49. The lowest BCUT2D eigenvalue weighted by molar-refractivity contribution is 0.0892. The third-order valence-corrected chi connectivity index (χ3v) is 4.72. The number of aliphatic hydroxyl groups is 1. The summed E-state index contributed by atoms with van der Waals surface area (Å²) in [5.74, 6) is 0. The molecule has 0 bridgehead atoms. The first-order chi connectivity index (χ1) is 13.6. The molecule has 7 heteroatoms. The summed E-state index contributed by atoms with van der Waals surface area (Å²) in [7, 11) is 0. The number of nitrogens with zero attached hydrogens (tertiary/aromatic N) is 1. The van der Waals surface area contributed by atoms with E-state index >= 15 is 0 Å². The van der Waals surface area contributed by atoms with E-state index in [1.807, 2.05) is 30.3 Å². The number of urea groups is 1. The lowest BCUT2D eigenvalue weighted by Gasteiger charge is -2.29. The summed E-state index contributed by atoms with van der Waals surface area (Å²) < 4.78 is 4.83. The van der Waals surface area contributed by atoms with E-state index in [9.17, 15) is 14.7 Å². The molecule has 7 nitrogen and oxygen atoms in total. The molecule has 0 radical (unpaired) electrons. The molecule has 2 aromatic carbocycles. The zero-order chi connectivity index (χ0) is 19.9. The minimum absolute atomic E-state index is 0.247. The van der Waals surface area contributed by atoms with Crippen LogP contribution in [0.2, 0.25) is 0 Å². The molecule has 0 aliphatic carbocycles. The molecular weight excluding hydrogens is 358 g/mol. The van der Waals surface area contributed by atoms with Crippen molar-refractivity contribution in [1.82, 2.24) is 4.90 Å². The molecule has 0 saturated carbocycles. The van der Waals surface area contributed by atoms with Gasteiger partial charge in [0.1, 0.15) is 0 Å². The molecule has 3 rings (SSSR count). The molecule has 3 N–H and O–H groups in total. The van der Waals surface area contributed by atoms with Crippen molar-refractivity contribution in [1.29, 1.82) is 0 Å². The van der Waals surface area contributed by atoms with E-state index in [0.717, 1.165) is 18.4 Å². The number of likely N-dealkylation sites (tertiary alicyclic amines) is 1. The van der Waals surface area contributed by atoms with E-state index in [-0.39, 0.29) is 12.1 Å². The molecule has 28 heavy (non-hydrogen) atoms. The van der Waals surface area contributed by atoms with E-state index in [4.69, 9.17) is 4.74 Å². The van der Waals surface area contributed by atoms with Crippen LogP contribution in [0.5, 0.6) is 0 Å². The molecule has 2 unspecified atom stereocenters. The molecule has 0 aromatic heterocycles. The molecular formula is C21H25N3O4. The summed E-state index contributed by atoms with van der Waals surface area (Å²) in [6, 6.07) is 15.7. The number of rotatable bonds is 5. The quantitative estimate of drug-likeness (QED) is 0.728. The van der Waals surface area contributed by atoms with Crippen LogP contribution < -0.4 is 10.6 Å². The molecule has 148 valence electrons. The molecule has 1 heterocycles. The number of ether oxygens (including phenoxy) is 1. The second kappa shape index (κ2) is 9.23. The SMILES string of the molecule is CCOC(=O)Nc1ccc(NC(=O)N2CCCC2C(O)c2ccccc2)cc1. The maximum Gasteiger partial charge on any atom is 0.411 e. The standard InChI is InChI=1S/C21H25N3O4/c1-2-28-21(27)23-17-12-10-16(11-13-17)22-20(26)24-14-6-9-18(24)19(25)15-7-4-3-5-8-15/h3-5,7-8,10-13,18-19,25H,2,6,9,14H2,1H3,(H,22,26)(H,23,27). The van der Waals surface area contributed by atoms with Crippen molar-refractivity contribution in [2.24, 2.45) is 0 Å². The van der Waals surface area contributed by atoms with Crippen molar-refractivity contribution in [3.8, 4) is 0 Å². The van der Waals surface area contributed by atoms with Gasteiger partial charge in [-0.25, -0.2) is 9.59 Å². The summed E-state index contributed by atoms with van der Waals surface area (Å²) in [6.07, 6.45) is 0.371. The second-order valence-electron chi connectivity index (χ2n) is 6.61. The van der Waals surface area contributed by atoms with Gasteiger partial charge in [0.05, 0.1) is 18.8 Å². The van der Waals surface area contributed by atoms with Crippen molar-refractivity contribution in [2.75, 3.05) is 23.8 Å². The lowest BCUT2D eigenvalue weighted by atomic mass is 10.0. The fraction of sp³-hybridized carbons (Fsp3) is 0.333. The topological polar surface area (TPSA) is 90.9 Å². The Balaban J connectivity index is 1.61. The monoisotopic (exact) mass is 383 g/mol. The van der Waals surface area contributed by atoms with Gasteiger partial charge in [-0.05, 0) is 49.6 Å². The molecule has 1 saturated heterocycles. The Morgan fingerprint density at radius 3 is 2.39 bits per heavy atom. The van der Waals surface area contributed by atoms with E-state index in [1.54, 1.807) is 36.1 Å². The minimum atomic E-state index is -0.717. The first-order valence-corrected chi connectivity index (χ1v) is 9.43. The fourth-order valence-electron chi connectivity index (χ4n) is 3.36. The smallest absolute Gasteiger partial charge is 0.411 e. The van der Waals surface area contributed by atoms with Gasteiger partial charge in [0.25, 0.3) is 0 Å². The van der Waals surface area contributed by atoms with Crippen LogP contribution in [0.15, 0.2) is 54.6 Å². The molecule has 2 atom stereocenters. The van der Waals surface area contributed by atoms with E-state index < -0.39 is 12.2 Å². The van der Waals surface area contributed by atoms with Gasteiger partial charge in [0.2, 0.25) is 0 Å². The third kappa shape index (κ3) is 4.80. The highest BCUT2D eigenvalue weighted by molar-refractivity contribution is 5.90. The van der Waals surface area contributed by atoms with E-state index in [0.29, 0.717) is 24.5 Å². The fourth-order valence-corrected chi connectivity index (χ4v) is 3.36. The summed E-state index contributed by atoms with van der Waals surface area (Å²) in [4.78, 5) is 25.8. The molecule has 2 aromatic rings. The normalized spacial score (nSPS) is 17.1. The van der Waals surface area contributed by atoms with Gasteiger partial charge >= 0.3 is 12.1 Å². The number of carbonyl (C=O) groups is 2. The maximum atomic E-state index is 12.7. The Bertz CT molecular complexity index is 795. The van der Waals surface area contributed by atoms with Crippen molar-refractivity contribution in [3.05, 3.63) is 60.2 Å². The number of hydrogen-bond acceptors (Lipinski definition) is 4. The van der Waals surface area contributed by atoms with Gasteiger partial charge < -0.3 is 20.1 Å². The van der Waals surface area contributed by atoms with Crippen molar-refractivity contribution in [3.63, 3.8) is 0 Å². The number of hydrogen-bond donors (Lipinski definition) is 3. The Hall–Kier alpha value is -3.06. The van der Waals surface area contributed by atoms with Gasteiger partial charge in [-0.15, -0.1) is 0 Å². The number of benzene rings is 2. The summed E-state index contributed by atoms with van der Waals surface area (Å²) >= 11 is 0. The van der Waals surface area contributed by atoms with Crippen LogP contribution in [0.3, 0.4) is 0 Å². The summed E-state index contributed by atoms with van der Waals surface area (Å²) in [5.41, 5.74) is 2.00. The number of aliphatic hydroxyl groups excluding tert-OH is 1. The van der Waals surface area contributed by atoms with Gasteiger partial charge in [-0.2, -0.15) is 0 Å². The summed E-state index contributed by atoms with van der Waals surface area (Å²) in [5, 5.41) is 16.2. The first kappa shape index (κ1) is 19.7. The minimum Gasteiger partial charge on any atom is -0.450 e. The van der Waals surface area contributed by atoms with Gasteiger partial charge in [0.15, 0.2) is 0 Å². The Morgan fingerprint density at radius 2 is 1.75 bits per heavy atom. The first-order valence-electron chi connectivity index (χ1n) is 9.43. The summed E-state index contributed by atoms with van der Waals surface area (Å²) in [6.45, 7) is 2.63. The average Bonchev–Trinajstić information content (AvgIpc) is 3.20. The van der Waals surface area contributed by atoms with Gasteiger partial charge in [-0.3, -0.25) is 5.32 Å². The third-order valence-electron chi connectivity index (χ3n) is 4.72. The number of amides is 3. The van der Waals surface area contributed by atoms with Crippen molar-refractivity contribution < 1.29 is 19.4 Å². The van der Waals surface area contributed by atoms with Crippen LogP contribution >= 0.6 is 0 Å². The zero-order valence-electron chi connectivity index (χ0n) is 15.8. The maximum absolute atomic E-state index is 12.7. The van der Waals surface area contributed by atoms with Crippen LogP contribution in [0, 0.1) is 0 Å². The van der Waals surface area contributed by atoms with Crippen LogP contribution in [0.1, 0.15) is 31.4 Å². The van der Waals surface area contributed by atoms with Gasteiger partial charge in [-0.1, -0.05) is 30.3 Å². The van der Waals surface area contributed by atoms with Crippen LogP contribution in [0.25, 0.3) is 0 Å². The van der Waals surface area contributed by atoms with Crippen LogP contribution in [-0.2, 0) is 4.74 Å². The van der Waals surface area contributed by atoms with E-state index in [1.165, 1.54) is 0 Å². The van der Waals surface area contributed by atoms with Crippen molar-refractivity contribution >= 4 is 23.5 Å². The highest BCUT2D eigenvalue weighted by atomic mass is 16.5. The molecule has 1 aliphatic rings. The highest BCUT2D eigenvalue weighted by Crippen LogP contribution is 2.30. The number of carbonyl (C=O) groups excluding carboxylic acids is 2. The lowest BCUT2D eigenvalue weighted by Crippen LogP contribution is -2.41.